The molecule has 0 radical (unpaired) electrons. The number of aryl methyl sites for hydroxylation is 1. The smallest absolute Gasteiger partial charge is 0.159 e. The van der Waals surface area contributed by atoms with Crippen LogP contribution < -0.4 is 10.1 Å². The average Bonchev–Trinajstić information content (AvgIpc) is 2.60. The van der Waals surface area contributed by atoms with Gasteiger partial charge in [-0.3, -0.25) is 5.41 Å². The second-order valence-electron chi connectivity index (χ2n) is 5.99. The van der Waals surface area contributed by atoms with Gasteiger partial charge in [0.1, 0.15) is 5.75 Å². The molecule has 0 bridgehead atoms. The highest BCUT2D eigenvalue weighted by atomic mass is 16.5. The number of fused-ring (bicyclic) bond motifs is 2. The van der Waals surface area contributed by atoms with E-state index in [1.807, 2.05) is 36.5 Å². The molecule has 0 spiro atoms. The highest BCUT2D eigenvalue weighted by Gasteiger charge is 2.12. The molecule has 0 fully saturated rings. The van der Waals surface area contributed by atoms with Gasteiger partial charge in [-0.25, -0.2) is 9.97 Å². The minimum atomic E-state index is 0.406. The van der Waals surface area contributed by atoms with E-state index in [4.69, 9.17) is 10.1 Å². The zero-order valence-corrected chi connectivity index (χ0v) is 13.5. The Morgan fingerprint density at radius 3 is 3.00 bits per heavy atom. The minimum Gasteiger partial charge on any atom is -0.493 e. The molecule has 3 aromatic rings. The van der Waals surface area contributed by atoms with Crippen molar-refractivity contribution < 1.29 is 4.74 Å². The largest absolute Gasteiger partial charge is 0.493 e. The van der Waals surface area contributed by atoms with Crippen LogP contribution in [0.25, 0.3) is 22.3 Å². The van der Waals surface area contributed by atoms with Gasteiger partial charge >= 0.3 is 0 Å². The second kappa shape index (κ2) is 5.92. The van der Waals surface area contributed by atoms with E-state index < -0.39 is 0 Å². The number of hydrogen-bond acceptors (Lipinski definition) is 4. The Hall–Kier alpha value is -2.95. The Morgan fingerprint density at radius 2 is 2.12 bits per heavy atom. The molecule has 0 atom stereocenters. The first-order valence-corrected chi connectivity index (χ1v) is 8.04. The quantitative estimate of drug-likeness (QED) is 0.553. The van der Waals surface area contributed by atoms with E-state index in [1.165, 1.54) is 5.56 Å². The summed E-state index contributed by atoms with van der Waals surface area (Å²) in [5.74, 6) is 2.10. The summed E-state index contributed by atoms with van der Waals surface area (Å²) < 4.78 is 5.66. The summed E-state index contributed by atoms with van der Waals surface area (Å²) in [5, 5.41) is 11.5. The Morgan fingerprint density at radius 1 is 1.21 bits per heavy atom. The van der Waals surface area contributed by atoms with Crippen LogP contribution in [0.4, 0.5) is 5.69 Å². The minimum absolute atomic E-state index is 0.406. The van der Waals surface area contributed by atoms with Crippen molar-refractivity contribution in [2.75, 3.05) is 11.9 Å². The molecule has 4 rings (SSSR count). The number of anilines is 1. The molecule has 0 saturated carbocycles. The average molecular weight is 318 g/mol. The summed E-state index contributed by atoms with van der Waals surface area (Å²) in [7, 11) is 0. The van der Waals surface area contributed by atoms with E-state index in [9.17, 15) is 0 Å². The third-order valence-electron chi connectivity index (χ3n) is 4.08. The van der Waals surface area contributed by atoms with Crippen LogP contribution in [0.3, 0.4) is 0 Å². The highest BCUT2D eigenvalue weighted by Crippen LogP contribution is 2.29. The summed E-state index contributed by atoms with van der Waals surface area (Å²) in [6.45, 7) is 2.51. The number of rotatable bonds is 2. The second-order valence-corrected chi connectivity index (χ2v) is 5.99. The van der Waals surface area contributed by atoms with Crippen molar-refractivity contribution >= 4 is 22.4 Å². The van der Waals surface area contributed by atoms with Gasteiger partial charge in [0.2, 0.25) is 0 Å². The maximum absolute atomic E-state index is 7.51. The molecule has 0 unspecified atom stereocenters. The monoisotopic (exact) mass is 318 g/mol. The Bertz CT molecular complexity index is 936. The third kappa shape index (κ3) is 2.80. The van der Waals surface area contributed by atoms with Crippen LogP contribution in [0, 0.1) is 5.41 Å². The molecule has 2 heterocycles. The third-order valence-corrected chi connectivity index (χ3v) is 4.08. The van der Waals surface area contributed by atoms with Crippen LogP contribution >= 0.6 is 0 Å². The fraction of sp³-hybridized carbons (Fsp3) is 0.211. The van der Waals surface area contributed by atoms with Crippen LogP contribution in [0.2, 0.25) is 0 Å². The number of benzene rings is 2. The van der Waals surface area contributed by atoms with Crippen molar-refractivity contribution in [1.29, 1.82) is 5.41 Å². The molecule has 0 saturated heterocycles. The van der Waals surface area contributed by atoms with Crippen molar-refractivity contribution in [3.63, 3.8) is 0 Å². The van der Waals surface area contributed by atoms with Gasteiger partial charge in [0, 0.05) is 22.8 Å². The summed E-state index contributed by atoms with van der Waals surface area (Å²) >= 11 is 0. The fourth-order valence-corrected chi connectivity index (χ4v) is 2.97. The topological polar surface area (TPSA) is 70.9 Å². The number of aromatic nitrogens is 2. The maximum atomic E-state index is 7.51. The highest BCUT2D eigenvalue weighted by molar-refractivity contribution is 5.93. The van der Waals surface area contributed by atoms with Crippen molar-refractivity contribution in [3.05, 3.63) is 48.2 Å². The lowest BCUT2D eigenvalue weighted by atomic mass is 10.0. The van der Waals surface area contributed by atoms with Crippen molar-refractivity contribution in [2.45, 2.75) is 19.8 Å². The molecule has 1 aliphatic heterocycles. The standard InChI is InChI=1S/C19H18N4O/c1-12(20)22-16-5-6-17-15(10-16)11-21-19(23-17)14-4-7-18-13(9-14)3-2-8-24-18/h4-7,9-11H,2-3,8H2,1H3,(H2,20,22). The van der Waals surface area contributed by atoms with E-state index in [0.717, 1.165) is 53.2 Å². The molecular formula is C19H18N4O. The first kappa shape index (κ1) is 14.6. The lowest BCUT2D eigenvalue weighted by molar-refractivity contribution is 0.288. The summed E-state index contributed by atoms with van der Waals surface area (Å²) in [5.41, 5.74) is 4.00. The van der Waals surface area contributed by atoms with Gasteiger partial charge in [-0.1, -0.05) is 0 Å². The normalized spacial score (nSPS) is 13.2. The molecule has 5 nitrogen and oxygen atoms in total. The first-order valence-electron chi connectivity index (χ1n) is 8.04. The summed E-state index contributed by atoms with van der Waals surface area (Å²) in [6, 6.07) is 12.0. The van der Waals surface area contributed by atoms with Gasteiger partial charge in [-0.05, 0) is 61.7 Å². The Labute approximate surface area is 140 Å². The Balaban J connectivity index is 1.71. The number of nitrogens with one attached hydrogen (secondary N) is 2. The molecule has 1 aliphatic rings. The first-order chi connectivity index (χ1) is 11.7. The number of hydrogen-bond donors (Lipinski definition) is 2. The zero-order valence-electron chi connectivity index (χ0n) is 13.5. The van der Waals surface area contributed by atoms with E-state index in [-0.39, 0.29) is 0 Å². The van der Waals surface area contributed by atoms with Crippen molar-refractivity contribution in [3.8, 4) is 17.1 Å². The van der Waals surface area contributed by atoms with Crippen LogP contribution in [0.5, 0.6) is 5.75 Å². The lowest BCUT2D eigenvalue weighted by Gasteiger charge is -2.17. The van der Waals surface area contributed by atoms with Gasteiger partial charge in [-0.15, -0.1) is 0 Å². The van der Waals surface area contributed by atoms with Crippen molar-refractivity contribution in [2.24, 2.45) is 0 Å². The molecule has 24 heavy (non-hydrogen) atoms. The van der Waals surface area contributed by atoms with Gasteiger partial charge in [-0.2, -0.15) is 0 Å². The molecule has 5 heteroatoms. The van der Waals surface area contributed by atoms with E-state index >= 15 is 0 Å². The van der Waals surface area contributed by atoms with Crippen LogP contribution in [0.15, 0.2) is 42.6 Å². The summed E-state index contributed by atoms with van der Waals surface area (Å²) in [4.78, 5) is 9.19. The zero-order chi connectivity index (χ0) is 16.5. The van der Waals surface area contributed by atoms with E-state index in [1.54, 1.807) is 6.92 Å². The van der Waals surface area contributed by atoms with Gasteiger partial charge in [0.25, 0.3) is 0 Å². The molecule has 0 amide bonds. The molecule has 2 aromatic carbocycles. The van der Waals surface area contributed by atoms with Crippen LogP contribution in [0.1, 0.15) is 18.9 Å². The van der Waals surface area contributed by atoms with E-state index in [2.05, 4.69) is 21.4 Å². The van der Waals surface area contributed by atoms with Crippen LogP contribution in [-0.2, 0) is 6.42 Å². The SMILES string of the molecule is CC(=N)Nc1ccc2nc(-c3ccc4c(c3)CCCO4)ncc2c1. The predicted molar refractivity (Wildman–Crippen MR) is 95.8 cm³/mol. The molecule has 120 valence electrons. The number of amidine groups is 1. The van der Waals surface area contributed by atoms with Crippen molar-refractivity contribution in [1.82, 2.24) is 9.97 Å². The van der Waals surface area contributed by atoms with Gasteiger partial charge < -0.3 is 10.1 Å². The van der Waals surface area contributed by atoms with E-state index in [0.29, 0.717) is 5.84 Å². The Kier molecular flexibility index (Phi) is 3.61. The fourth-order valence-electron chi connectivity index (χ4n) is 2.97. The maximum Gasteiger partial charge on any atom is 0.159 e. The van der Waals surface area contributed by atoms with Gasteiger partial charge in [0.15, 0.2) is 5.82 Å². The lowest BCUT2D eigenvalue weighted by Crippen LogP contribution is -2.08. The molecule has 1 aromatic heterocycles. The molecular weight excluding hydrogens is 300 g/mol. The molecule has 2 N–H and O–H groups in total. The van der Waals surface area contributed by atoms with Gasteiger partial charge in [0.05, 0.1) is 18.0 Å². The molecule has 0 aliphatic carbocycles. The predicted octanol–water partition coefficient (Wildman–Crippen LogP) is 4.03. The summed E-state index contributed by atoms with van der Waals surface area (Å²) in [6.07, 6.45) is 3.92. The van der Waals surface area contributed by atoms with Crippen LogP contribution in [-0.4, -0.2) is 22.4 Å². The number of nitrogens with zero attached hydrogens (tertiary/aromatic N) is 2. The number of ether oxygens (including phenoxy) is 1.